The zero-order valence-corrected chi connectivity index (χ0v) is 12.6. The lowest BCUT2D eigenvalue weighted by atomic mass is 10.1. The van der Waals surface area contributed by atoms with E-state index in [0.717, 1.165) is 5.56 Å². The Kier molecular flexibility index (Phi) is 5.28. The van der Waals surface area contributed by atoms with Gasteiger partial charge < -0.3 is 5.11 Å². The number of nitrogens with one attached hydrogen (secondary N) is 1. The summed E-state index contributed by atoms with van der Waals surface area (Å²) in [7, 11) is -3.86. The Morgan fingerprint density at radius 1 is 1.09 bits per heavy atom. The third-order valence-corrected chi connectivity index (χ3v) is 4.74. The van der Waals surface area contributed by atoms with Crippen LogP contribution in [0.2, 0.25) is 0 Å². The molecule has 0 saturated heterocycles. The molecule has 0 aromatic heterocycles. The Morgan fingerprint density at radius 3 is 2.36 bits per heavy atom. The molecule has 6 heteroatoms. The van der Waals surface area contributed by atoms with E-state index in [2.05, 4.69) is 4.72 Å². The second-order valence-electron chi connectivity index (χ2n) is 4.70. The Hall–Kier alpha value is -2.20. The molecule has 0 heterocycles. The molecule has 0 saturated carbocycles. The Labute approximate surface area is 129 Å². The van der Waals surface area contributed by atoms with Crippen LogP contribution in [0.3, 0.4) is 0 Å². The minimum absolute atomic E-state index is 0.0589. The highest BCUT2D eigenvalue weighted by Gasteiger charge is 2.23. The first-order valence-corrected chi connectivity index (χ1v) is 8.24. The summed E-state index contributed by atoms with van der Waals surface area (Å²) in [6, 6.07) is 16.4. The number of nitriles is 1. The van der Waals surface area contributed by atoms with Crippen LogP contribution < -0.4 is 4.72 Å². The summed E-state index contributed by atoms with van der Waals surface area (Å²) in [6.07, 6.45) is 0.248. The predicted molar refractivity (Wildman–Crippen MR) is 82.4 cm³/mol. The van der Waals surface area contributed by atoms with Gasteiger partial charge in [-0.1, -0.05) is 42.5 Å². The summed E-state index contributed by atoms with van der Waals surface area (Å²) >= 11 is 0. The van der Waals surface area contributed by atoms with E-state index in [1.54, 1.807) is 36.4 Å². The van der Waals surface area contributed by atoms with Gasteiger partial charge in [0.25, 0.3) is 0 Å². The van der Waals surface area contributed by atoms with Gasteiger partial charge in [-0.15, -0.1) is 0 Å². The molecular formula is C16H16N2O3S. The number of nitrogens with zero attached hydrogens (tertiary/aromatic N) is 1. The monoisotopic (exact) mass is 316 g/mol. The molecule has 0 radical (unpaired) electrons. The molecule has 5 nitrogen and oxygen atoms in total. The van der Waals surface area contributed by atoms with E-state index in [1.165, 1.54) is 12.1 Å². The minimum atomic E-state index is -3.86. The third kappa shape index (κ3) is 3.71. The van der Waals surface area contributed by atoms with Crippen molar-refractivity contribution in [2.75, 3.05) is 6.61 Å². The molecule has 2 aromatic carbocycles. The topological polar surface area (TPSA) is 90.2 Å². The van der Waals surface area contributed by atoms with Gasteiger partial charge in [0.05, 0.1) is 10.5 Å². The van der Waals surface area contributed by atoms with Crippen molar-refractivity contribution >= 4 is 10.0 Å². The highest BCUT2D eigenvalue weighted by molar-refractivity contribution is 7.89. The summed E-state index contributed by atoms with van der Waals surface area (Å²) in [5.41, 5.74) is 0.848. The molecule has 0 spiro atoms. The maximum absolute atomic E-state index is 12.5. The van der Waals surface area contributed by atoms with E-state index >= 15 is 0 Å². The van der Waals surface area contributed by atoms with Crippen LogP contribution in [0.15, 0.2) is 59.5 Å². The number of aliphatic hydroxyl groups excluding tert-OH is 1. The number of rotatable bonds is 6. The van der Waals surface area contributed by atoms with Crippen molar-refractivity contribution in [3.63, 3.8) is 0 Å². The maximum atomic E-state index is 12.5. The van der Waals surface area contributed by atoms with Gasteiger partial charge in [0.2, 0.25) is 10.0 Å². The second-order valence-corrected chi connectivity index (χ2v) is 6.39. The quantitative estimate of drug-likeness (QED) is 0.852. The Bertz CT molecular complexity index is 767. The third-order valence-electron chi connectivity index (χ3n) is 3.21. The Morgan fingerprint density at radius 2 is 1.73 bits per heavy atom. The molecule has 1 atom stereocenters. The summed E-state index contributed by atoms with van der Waals surface area (Å²) < 4.78 is 27.6. The van der Waals surface area contributed by atoms with Crippen molar-refractivity contribution in [1.82, 2.24) is 4.72 Å². The summed E-state index contributed by atoms with van der Waals surface area (Å²) in [5.74, 6) is 0. The number of benzene rings is 2. The van der Waals surface area contributed by atoms with Crippen LogP contribution in [0.1, 0.15) is 23.6 Å². The molecule has 0 bridgehead atoms. The van der Waals surface area contributed by atoms with Gasteiger partial charge in [-0.3, -0.25) is 0 Å². The highest BCUT2D eigenvalue weighted by atomic mass is 32.2. The molecular weight excluding hydrogens is 300 g/mol. The van der Waals surface area contributed by atoms with Crippen LogP contribution >= 0.6 is 0 Å². The summed E-state index contributed by atoms with van der Waals surface area (Å²) in [6.45, 7) is -0.151. The number of hydrogen-bond donors (Lipinski definition) is 2. The fraction of sp³-hybridized carbons (Fsp3) is 0.188. The first kappa shape index (κ1) is 16.2. The van der Waals surface area contributed by atoms with Crippen molar-refractivity contribution < 1.29 is 13.5 Å². The fourth-order valence-electron chi connectivity index (χ4n) is 2.15. The zero-order valence-electron chi connectivity index (χ0n) is 11.8. The largest absolute Gasteiger partial charge is 0.396 e. The zero-order chi connectivity index (χ0) is 16.0. The molecule has 0 fully saturated rings. The van der Waals surface area contributed by atoms with Crippen LogP contribution in [0.5, 0.6) is 0 Å². The van der Waals surface area contributed by atoms with Gasteiger partial charge in [-0.25, -0.2) is 13.1 Å². The van der Waals surface area contributed by atoms with Gasteiger partial charge in [0, 0.05) is 12.6 Å². The van der Waals surface area contributed by atoms with Crippen LogP contribution in [0.25, 0.3) is 0 Å². The van der Waals surface area contributed by atoms with Crippen molar-refractivity contribution in [3.8, 4) is 6.07 Å². The molecule has 0 aliphatic carbocycles. The molecule has 114 valence electrons. The molecule has 2 aromatic rings. The lowest BCUT2D eigenvalue weighted by Crippen LogP contribution is -2.30. The average molecular weight is 316 g/mol. The van der Waals surface area contributed by atoms with Crippen LogP contribution in [-0.4, -0.2) is 20.1 Å². The van der Waals surface area contributed by atoms with E-state index in [0.29, 0.717) is 0 Å². The molecule has 0 aliphatic rings. The van der Waals surface area contributed by atoms with Gasteiger partial charge in [0.1, 0.15) is 6.07 Å². The molecule has 2 N–H and O–H groups in total. The van der Waals surface area contributed by atoms with Gasteiger partial charge in [0.15, 0.2) is 0 Å². The normalized spacial score (nSPS) is 12.5. The minimum Gasteiger partial charge on any atom is -0.396 e. The number of hydrogen-bond acceptors (Lipinski definition) is 4. The van der Waals surface area contributed by atoms with Gasteiger partial charge >= 0.3 is 0 Å². The SMILES string of the molecule is N#Cc1ccccc1S(=O)(=O)N[C@H](CCO)c1ccccc1. The second kappa shape index (κ2) is 7.18. The van der Waals surface area contributed by atoms with Gasteiger partial charge in [-0.05, 0) is 24.1 Å². The smallest absolute Gasteiger partial charge is 0.242 e. The van der Waals surface area contributed by atoms with Crippen LogP contribution in [-0.2, 0) is 10.0 Å². The van der Waals surface area contributed by atoms with E-state index in [1.807, 2.05) is 12.1 Å². The van der Waals surface area contributed by atoms with Crippen molar-refractivity contribution in [2.45, 2.75) is 17.4 Å². The Balaban J connectivity index is 2.35. The van der Waals surface area contributed by atoms with Crippen molar-refractivity contribution in [1.29, 1.82) is 5.26 Å². The molecule has 2 rings (SSSR count). The molecule has 0 amide bonds. The highest BCUT2D eigenvalue weighted by Crippen LogP contribution is 2.21. The predicted octanol–water partition coefficient (Wildman–Crippen LogP) is 1.96. The molecule has 22 heavy (non-hydrogen) atoms. The standard InChI is InChI=1S/C16H16N2O3S/c17-12-14-8-4-5-9-16(14)22(20,21)18-15(10-11-19)13-6-2-1-3-7-13/h1-9,15,18-19H,10-11H2/t15-/m1/s1. The lowest BCUT2D eigenvalue weighted by molar-refractivity contribution is 0.272. The first-order chi connectivity index (χ1) is 10.6. The fourth-order valence-corrected chi connectivity index (χ4v) is 3.57. The maximum Gasteiger partial charge on any atom is 0.242 e. The van der Waals surface area contributed by atoms with E-state index < -0.39 is 16.1 Å². The van der Waals surface area contributed by atoms with Gasteiger partial charge in [-0.2, -0.15) is 5.26 Å². The lowest BCUT2D eigenvalue weighted by Gasteiger charge is -2.18. The average Bonchev–Trinajstić information content (AvgIpc) is 2.55. The van der Waals surface area contributed by atoms with Crippen molar-refractivity contribution in [3.05, 3.63) is 65.7 Å². The first-order valence-electron chi connectivity index (χ1n) is 6.76. The summed E-state index contributed by atoms with van der Waals surface area (Å²) in [4.78, 5) is -0.0589. The molecule has 0 aliphatic heterocycles. The number of sulfonamides is 1. The van der Waals surface area contributed by atoms with Crippen LogP contribution in [0, 0.1) is 11.3 Å². The van der Waals surface area contributed by atoms with E-state index in [-0.39, 0.29) is 23.5 Å². The number of aliphatic hydroxyl groups is 1. The van der Waals surface area contributed by atoms with E-state index in [9.17, 15) is 13.5 Å². The summed E-state index contributed by atoms with van der Waals surface area (Å²) in [5, 5.41) is 18.2. The molecule has 0 unspecified atom stereocenters. The van der Waals surface area contributed by atoms with Crippen molar-refractivity contribution in [2.24, 2.45) is 0 Å². The van der Waals surface area contributed by atoms with Crippen LogP contribution in [0.4, 0.5) is 0 Å². The van der Waals surface area contributed by atoms with E-state index in [4.69, 9.17) is 5.26 Å².